The number of halogens is 2. The van der Waals surface area contributed by atoms with Crippen LogP contribution in [0.1, 0.15) is 87.5 Å². The van der Waals surface area contributed by atoms with Gasteiger partial charge in [-0.05, 0) is 52.3 Å². The molecule has 2 N–H and O–H groups in total. The maximum Gasteiger partial charge on any atom is 0.408 e. The summed E-state index contributed by atoms with van der Waals surface area (Å²) in [6.07, 6.45) is -1.89. The summed E-state index contributed by atoms with van der Waals surface area (Å²) in [6, 6.07) is 4.55. The molecular weight excluding hydrogens is 813 g/mol. The smallest absolute Gasteiger partial charge is 0.408 e. The topological polar surface area (TPSA) is 194 Å². The Morgan fingerprint density at radius 2 is 1.50 bits per heavy atom. The maximum absolute atomic E-state index is 15.8. The number of nitrogens with one attached hydrogen (secondary N) is 2. The number of carbonyl (C=O) groups is 6. The van der Waals surface area contributed by atoms with Gasteiger partial charge in [0.25, 0.3) is 0 Å². The summed E-state index contributed by atoms with van der Waals surface area (Å²) in [4.78, 5) is 75.3. The summed E-state index contributed by atoms with van der Waals surface area (Å²) in [6.45, 7) is 8.06. The van der Waals surface area contributed by atoms with Crippen LogP contribution in [0, 0.1) is 11.6 Å². The molecular formula is C41H51F2N3O13S. The lowest BCUT2D eigenvalue weighted by atomic mass is 10.1. The van der Waals surface area contributed by atoms with E-state index in [0.717, 1.165) is 11.3 Å². The highest BCUT2D eigenvalue weighted by atomic mass is 32.1. The fourth-order valence-corrected chi connectivity index (χ4v) is 6.96. The molecule has 3 amide bonds. The maximum atomic E-state index is 15.8. The van der Waals surface area contributed by atoms with E-state index in [2.05, 4.69) is 10.6 Å². The molecule has 0 radical (unpaired) electrons. The Hall–Kier alpha value is -5.72. The molecule has 1 aliphatic rings. The zero-order valence-corrected chi connectivity index (χ0v) is 35.5. The van der Waals surface area contributed by atoms with E-state index in [4.69, 9.17) is 33.2 Å². The van der Waals surface area contributed by atoms with Crippen LogP contribution in [-0.4, -0.2) is 99.4 Å². The van der Waals surface area contributed by atoms with Crippen LogP contribution in [0.5, 0.6) is 23.0 Å². The Kier molecular flexibility index (Phi) is 16.8. The third-order valence-corrected chi connectivity index (χ3v) is 9.86. The molecule has 2 aromatic carbocycles. The molecule has 19 heteroatoms. The van der Waals surface area contributed by atoms with Crippen LogP contribution in [0.4, 0.5) is 13.6 Å². The minimum Gasteiger partial charge on any atom is -0.493 e. The molecule has 2 heterocycles. The normalized spacial score (nSPS) is 12.6. The Morgan fingerprint density at radius 1 is 0.850 bits per heavy atom. The number of rotatable bonds is 21. The number of alkyl carbamates (subject to hydrolysis) is 1. The van der Waals surface area contributed by atoms with Crippen molar-refractivity contribution in [2.24, 2.45) is 0 Å². The summed E-state index contributed by atoms with van der Waals surface area (Å²) >= 11 is 1.07. The van der Waals surface area contributed by atoms with Crippen molar-refractivity contribution in [3.8, 4) is 23.0 Å². The number of fused-ring (bicyclic) bond motifs is 2. The van der Waals surface area contributed by atoms with Crippen molar-refractivity contribution in [1.82, 2.24) is 15.5 Å². The second-order valence-corrected chi connectivity index (χ2v) is 15.7. The van der Waals surface area contributed by atoms with Gasteiger partial charge in [-0.15, -0.1) is 11.3 Å². The molecule has 0 aliphatic carbocycles. The third-order valence-electron chi connectivity index (χ3n) is 8.74. The molecule has 16 nitrogen and oxygen atoms in total. The van der Waals surface area contributed by atoms with Crippen molar-refractivity contribution in [3.63, 3.8) is 0 Å². The van der Waals surface area contributed by atoms with E-state index in [-0.39, 0.29) is 123 Å². The van der Waals surface area contributed by atoms with Gasteiger partial charge in [0.2, 0.25) is 11.8 Å². The number of Topliss-reactive ketones (excluding diaryl/α,β-unsaturated/α-hetero) is 1. The molecule has 0 saturated carbocycles. The first-order chi connectivity index (χ1) is 28.4. The van der Waals surface area contributed by atoms with Crippen molar-refractivity contribution in [2.45, 2.75) is 91.5 Å². The first-order valence-corrected chi connectivity index (χ1v) is 20.1. The van der Waals surface area contributed by atoms with Gasteiger partial charge in [0.05, 0.1) is 64.8 Å². The van der Waals surface area contributed by atoms with Crippen LogP contribution in [0.15, 0.2) is 18.2 Å². The fourth-order valence-electron chi connectivity index (χ4n) is 5.90. The highest BCUT2D eigenvalue weighted by Crippen LogP contribution is 2.41. The molecule has 0 saturated heterocycles. The number of hydrogen-bond donors (Lipinski definition) is 2. The monoisotopic (exact) mass is 863 g/mol. The first kappa shape index (κ1) is 47.0. The zero-order chi connectivity index (χ0) is 44.1. The highest BCUT2D eigenvalue weighted by Gasteiger charge is 2.31. The Morgan fingerprint density at radius 3 is 2.15 bits per heavy atom. The van der Waals surface area contributed by atoms with Gasteiger partial charge >= 0.3 is 18.0 Å². The van der Waals surface area contributed by atoms with E-state index in [1.165, 1.54) is 25.2 Å². The van der Waals surface area contributed by atoms with Crippen LogP contribution < -0.4 is 29.6 Å². The van der Waals surface area contributed by atoms with E-state index < -0.39 is 53.2 Å². The van der Waals surface area contributed by atoms with Gasteiger partial charge in [-0.3, -0.25) is 24.0 Å². The number of benzene rings is 2. The van der Waals surface area contributed by atoms with E-state index in [9.17, 15) is 28.8 Å². The molecule has 1 aliphatic heterocycles. The molecule has 0 unspecified atom stereocenters. The van der Waals surface area contributed by atoms with Crippen molar-refractivity contribution >= 4 is 57.1 Å². The van der Waals surface area contributed by atoms with Crippen LogP contribution in [0.2, 0.25) is 0 Å². The van der Waals surface area contributed by atoms with Crippen LogP contribution in [0.25, 0.3) is 10.1 Å². The van der Waals surface area contributed by atoms with Gasteiger partial charge in [-0.25, -0.2) is 13.6 Å². The van der Waals surface area contributed by atoms with E-state index >= 15 is 8.78 Å². The minimum atomic E-state index is -0.748. The van der Waals surface area contributed by atoms with Crippen molar-refractivity contribution in [1.29, 1.82) is 0 Å². The van der Waals surface area contributed by atoms with Crippen molar-refractivity contribution in [3.05, 3.63) is 45.8 Å². The SMILES string of the molecule is CCOC(=O)CCC(=O)c1cc2c(F)c(OCCCOc3c(OC)cc4c(c3F)CN(C(=O)CCC(=O)O[C@@H](C)CNC(=O)CNC(=O)OC(C)(C)C)C4)c(OC)cc2s1. The third kappa shape index (κ3) is 13.1. The molecule has 1 atom stereocenters. The number of thiophene rings is 1. The summed E-state index contributed by atoms with van der Waals surface area (Å²) in [5.74, 6) is -3.96. The van der Waals surface area contributed by atoms with Crippen LogP contribution in [-0.2, 0) is 46.5 Å². The quantitative estimate of drug-likeness (QED) is 0.0568. The summed E-state index contributed by atoms with van der Waals surface area (Å²) in [7, 11) is 2.70. The predicted molar refractivity (Wildman–Crippen MR) is 213 cm³/mol. The molecule has 4 rings (SSSR count). The van der Waals surface area contributed by atoms with E-state index in [0.29, 0.717) is 10.3 Å². The molecule has 328 valence electrons. The Bertz CT molecular complexity index is 2070. The van der Waals surface area contributed by atoms with Crippen LogP contribution >= 0.6 is 11.3 Å². The van der Waals surface area contributed by atoms with Gasteiger partial charge in [-0.2, -0.15) is 0 Å². The summed E-state index contributed by atoms with van der Waals surface area (Å²) < 4.78 is 69.4. The standard InChI is InChI=1S/C41H51F2N3O13S/c1-8-55-34(50)12-10-27(47)31-17-25-30(60-31)18-29(54-7)39(36(25)42)57-15-9-14-56-38-28(53-6)16-24-21-46(22-26(24)37(38)43)33(49)11-13-35(51)58-23(2)19-44-32(48)20-45-40(52)59-41(3,4)5/h16-18,23H,8-15,19-22H2,1-7H3,(H,44,48)(H,45,52)/t23-/m0/s1. The fraction of sp³-hybridized carbons (Fsp3) is 0.512. The second kappa shape index (κ2) is 21.5. The van der Waals surface area contributed by atoms with Gasteiger partial charge < -0.3 is 48.7 Å². The van der Waals surface area contributed by atoms with Gasteiger partial charge in [-0.1, -0.05) is 0 Å². The van der Waals surface area contributed by atoms with Gasteiger partial charge in [0, 0.05) is 54.1 Å². The number of ether oxygens (including phenoxy) is 7. The number of amides is 3. The van der Waals surface area contributed by atoms with Gasteiger partial charge in [0.15, 0.2) is 40.4 Å². The lowest BCUT2D eigenvalue weighted by molar-refractivity contribution is -0.150. The zero-order valence-electron chi connectivity index (χ0n) is 34.7. The number of methoxy groups -OCH3 is 2. The molecule has 60 heavy (non-hydrogen) atoms. The van der Waals surface area contributed by atoms with Crippen molar-refractivity contribution < 1.29 is 70.7 Å². The van der Waals surface area contributed by atoms with E-state index in [1.54, 1.807) is 46.8 Å². The Labute approximate surface area is 350 Å². The number of nitrogens with zero attached hydrogens (tertiary/aromatic N) is 1. The number of hydrogen-bond acceptors (Lipinski definition) is 14. The summed E-state index contributed by atoms with van der Waals surface area (Å²) in [5.41, 5.74) is 0.0271. The molecule has 3 aromatic rings. The largest absolute Gasteiger partial charge is 0.493 e. The van der Waals surface area contributed by atoms with Crippen LogP contribution in [0.3, 0.4) is 0 Å². The molecule has 1 aromatic heterocycles. The molecule has 0 spiro atoms. The Balaban J connectivity index is 1.24. The van der Waals surface area contributed by atoms with Crippen molar-refractivity contribution in [2.75, 3.05) is 47.1 Å². The lowest BCUT2D eigenvalue weighted by Gasteiger charge is -2.19. The molecule has 0 fully saturated rings. The summed E-state index contributed by atoms with van der Waals surface area (Å²) in [5, 5.41) is 5.02. The second-order valence-electron chi connectivity index (χ2n) is 14.6. The lowest BCUT2D eigenvalue weighted by Crippen LogP contribution is -2.42. The van der Waals surface area contributed by atoms with Gasteiger partial charge in [0.1, 0.15) is 11.7 Å². The number of ketones is 1. The number of carbonyl (C=O) groups excluding carboxylic acids is 6. The predicted octanol–water partition coefficient (Wildman–Crippen LogP) is 5.77. The molecule has 0 bridgehead atoms. The average molecular weight is 864 g/mol. The highest BCUT2D eigenvalue weighted by molar-refractivity contribution is 7.20. The van der Waals surface area contributed by atoms with E-state index in [1.807, 2.05) is 0 Å². The number of esters is 2. The average Bonchev–Trinajstić information content (AvgIpc) is 3.83. The minimum absolute atomic E-state index is 0.0267. The first-order valence-electron chi connectivity index (χ1n) is 19.3.